The Labute approximate surface area is 203 Å². The molecule has 0 spiro atoms. The van der Waals surface area contributed by atoms with E-state index in [9.17, 15) is 14.0 Å². The highest BCUT2D eigenvalue weighted by Gasteiger charge is 2.31. The highest BCUT2D eigenvalue weighted by molar-refractivity contribution is 7.29. The third-order valence-electron chi connectivity index (χ3n) is 5.75. The number of thiazole rings is 1. The van der Waals surface area contributed by atoms with Gasteiger partial charge in [0.25, 0.3) is 5.91 Å². The highest BCUT2D eigenvalue weighted by Crippen LogP contribution is 2.37. The number of rotatable bonds is 5. The van der Waals surface area contributed by atoms with E-state index in [-0.39, 0.29) is 17.7 Å². The number of benzene rings is 1. The lowest BCUT2D eigenvalue weighted by molar-refractivity contribution is -0.132. The molecule has 0 saturated carbocycles. The molecule has 3 aromatic heterocycles. The van der Waals surface area contributed by atoms with Crippen molar-refractivity contribution in [1.82, 2.24) is 14.9 Å². The van der Waals surface area contributed by atoms with Crippen molar-refractivity contribution in [3.8, 4) is 11.1 Å². The number of pyridine rings is 1. The first-order valence-corrected chi connectivity index (χ1v) is 12.4. The first kappa shape index (κ1) is 22.4. The fourth-order valence-electron chi connectivity index (χ4n) is 3.96. The summed E-state index contributed by atoms with van der Waals surface area (Å²) in [5, 5.41) is 3.81. The van der Waals surface area contributed by atoms with Crippen LogP contribution < -0.4 is 10.2 Å². The average Bonchev–Trinajstić information content (AvgIpc) is 3.54. The van der Waals surface area contributed by atoms with Crippen LogP contribution in [0.2, 0.25) is 0 Å². The SMILES string of the molecule is CN(C)C(=O)[C@H]1CCN(c2nc3sc(C(=O)Nc4ccc(-c5ccc(F)nc5)cc4)cc3s2)C1. The van der Waals surface area contributed by atoms with Gasteiger partial charge in [-0.05, 0) is 42.3 Å². The van der Waals surface area contributed by atoms with Gasteiger partial charge in [0.2, 0.25) is 11.9 Å². The van der Waals surface area contributed by atoms with Crippen molar-refractivity contribution >= 4 is 54.8 Å². The molecule has 4 aromatic rings. The number of hydrogen-bond donors (Lipinski definition) is 1. The molecular weight excluding hydrogens is 473 g/mol. The number of fused-ring (bicyclic) bond motifs is 1. The molecule has 0 aliphatic carbocycles. The minimum Gasteiger partial charge on any atom is -0.349 e. The molecule has 1 N–H and O–H groups in total. The number of thiophene rings is 1. The van der Waals surface area contributed by atoms with Gasteiger partial charge in [0.05, 0.1) is 15.5 Å². The molecule has 2 amide bonds. The van der Waals surface area contributed by atoms with Crippen LogP contribution in [-0.2, 0) is 4.79 Å². The first-order valence-electron chi connectivity index (χ1n) is 10.8. The lowest BCUT2D eigenvalue weighted by atomic mass is 10.1. The van der Waals surface area contributed by atoms with Crippen molar-refractivity contribution in [1.29, 1.82) is 0 Å². The largest absolute Gasteiger partial charge is 0.349 e. The minimum atomic E-state index is -0.519. The summed E-state index contributed by atoms with van der Waals surface area (Å²) in [5.41, 5.74) is 2.35. The second-order valence-electron chi connectivity index (χ2n) is 8.34. The fraction of sp³-hybridized carbons (Fsp3) is 0.250. The molecule has 34 heavy (non-hydrogen) atoms. The Morgan fingerprint density at radius 3 is 2.56 bits per heavy atom. The second-order valence-corrected chi connectivity index (χ2v) is 10.4. The first-order chi connectivity index (χ1) is 16.4. The van der Waals surface area contributed by atoms with Gasteiger partial charge in [-0.15, -0.1) is 11.3 Å². The summed E-state index contributed by atoms with van der Waals surface area (Å²) in [6, 6.07) is 12.2. The zero-order chi connectivity index (χ0) is 23.8. The molecule has 1 saturated heterocycles. The van der Waals surface area contributed by atoms with Crippen LogP contribution in [0.1, 0.15) is 16.1 Å². The molecule has 0 radical (unpaired) electrons. The zero-order valence-corrected chi connectivity index (χ0v) is 20.3. The number of nitrogens with one attached hydrogen (secondary N) is 1. The van der Waals surface area contributed by atoms with Crippen LogP contribution in [0.5, 0.6) is 0 Å². The molecule has 0 bridgehead atoms. The van der Waals surface area contributed by atoms with E-state index in [1.807, 2.05) is 30.3 Å². The van der Waals surface area contributed by atoms with Crippen molar-refractivity contribution in [3.05, 3.63) is 59.5 Å². The van der Waals surface area contributed by atoms with E-state index in [0.29, 0.717) is 17.1 Å². The predicted molar refractivity (Wildman–Crippen MR) is 134 cm³/mol. The highest BCUT2D eigenvalue weighted by atomic mass is 32.1. The maximum absolute atomic E-state index is 13.0. The summed E-state index contributed by atoms with van der Waals surface area (Å²) in [6.45, 7) is 1.48. The van der Waals surface area contributed by atoms with Crippen molar-refractivity contribution in [2.45, 2.75) is 6.42 Å². The van der Waals surface area contributed by atoms with Crippen molar-refractivity contribution in [2.24, 2.45) is 5.92 Å². The van der Waals surface area contributed by atoms with Crippen LogP contribution >= 0.6 is 22.7 Å². The van der Waals surface area contributed by atoms with Crippen molar-refractivity contribution in [3.63, 3.8) is 0 Å². The number of carbonyl (C=O) groups excluding carboxylic acids is 2. The maximum Gasteiger partial charge on any atom is 0.265 e. The Morgan fingerprint density at radius 2 is 1.88 bits per heavy atom. The van der Waals surface area contributed by atoms with Crippen molar-refractivity contribution < 1.29 is 14.0 Å². The molecule has 5 rings (SSSR count). The lowest BCUT2D eigenvalue weighted by Gasteiger charge is -2.17. The summed E-state index contributed by atoms with van der Waals surface area (Å²) in [7, 11) is 3.57. The van der Waals surface area contributed by atoms with Gasteiger partial charge in [-0.2, -0.15) is 4.39 Å². The van der Waals surface area contributed by atoms with Gasteiger partial charge in [-0.25, -0.2) is 9.97 Å². The monoisotopic (exact) mass is 495 g/mol. The molecule has 174 valence electrons. The summed E-state index contributed by atoms with van der Waals surface area (Å²) in [6.07, 6.45) is 2.30. The predicted octanol–water partition coefficient (Wildman–Crippen LogP) is 4.73. The number of aromatic nitrogens is 2. The van der Waals surface area contributed by atoms with Gasteiger partial charge in [-0.1, -0.05) is 23.5 Å². The summed E-state index contributed by atoms with van der Waals surface area (Å²) < 4.78 is 14.0. The number of amides is 2. The van der Waals surface area contributed by atoms with E-state index in [0.717, 1.165) is 38.8 Å². The Bertz CT molecular complexity index is 1320. The smallest absolute Gasteiger partial charge is 0.265 e. The van der Waals surface area contributed by atoms with Crippen LogP contribution in [0.4, 0.5) is 15.2 Å². The number of hydrogen-bond acceptors (Lipinski definition) is 7. The third kappa shape index (κ3) is 4.51. The van der Waals surface area contributed by atoms with E-state index in [1.54, 1.807) is 36.4 Å². The van der Waals surface area contributed by atoms with E-state index >= 15 is 0 Å². The Hall–Kier alpha value is -3.37. The van der Waals surface area contributed by atoms with Gasteiger partial charge < -0.3 is 15.1 Å². The van der Waals surface area contributed by atoms with Gasteiger partial charge in [0.1, 0.15) is 4.83 Å². The Morgan fingerprint density at radius 1 is 1.12 bits per heavy atom. The van der Waals surface area contributed by atoms with Gasteiger partial charge >= 0.3 is 0 Å². The Kier molecular flexibility index (Phi) is 6.01. The maximum atomic E-state index is 13.0. The summed E-state index contributed by atoms with van der Waals surface area (Å²) in [4.78, 5) is 38.6. The lowest BCUT2D eigenvalue weighted by Crippen LogP contribution is -2.31. The van der Waals surface area contributed by atoms with Crippen molar-refractivity contribution in [2.75, 3.05) is 37.4 Å². The molecule has 1 fully saturated rings. The number of carbonyl (C=O) groups is 2. The minimum absolute atomic E-state index is 0.00369. The molecule has 1 aromatic carbocycles. The fourth-order valence-corrected chi connectivity index (χ4v) is 6.10. The molecule has 4 heterocycles. The summed E-state index contributed by atoms with van der Waals surface area (Å²) >= 11 is 2.91. The van der Waals surface area contributed by atoms with E-state index in [4.69, 9.17) is 4.98 Å². The normalized spacial score (nSPS) is 15.6. The molecule has 1 atom stereocenters. The zero-order valence-electron chi connectivity index (χ0n) is 18.6. The van der Waals surface area contributed by atoms with Gasteiger partial charge in [-0.3, -0.25) is 9.59 Å². The van der Waals surface area contributed by atoms with E-state index in [2.05, 4.69) is 15.2 Å². The van der Waals surface area contributed by atoms with Crippen LogP contribution in [0.25, 0.3) is 20.7 Å². The average molecular weight is 496 g/mol. The quantitative estimate of drug-likeness (QED) is 0.405. The standard InChI is InChI=1S/C24H22FN5O2S2/c1-29(2)23(32)16-9-10-30(13-16)24-28-22-19(34-24)11-18(33-22)21(31)27-17-6-3-14(4-7-17)15-5-8-20(25)26-12-15/h3-8,11-12,16H,9-10,13H2,1-2H3,(H,27,31)/t16-/m0/s1. The van der Waals surface area contributed by atoms with Gasteiger partial charge in [0, 0.05) is 44.6 Å². The number of halogens is 1. The van der Waals surface area contributed by atoms with Crippen LogP contribution in [0, 0.1) is 11.9 Å². The molecule has 7 nitrogen and oxygen atoms in total. The topological polar surface area (TPSA) is 78.4 Å². The van der Waals surface area contributed by atoms with E-state index in [1.165, 1.54) is 23.6 Å². The van der Waals surface area contributed by atoms with E-state index < -0.39 is 5.95 Å². The molecule has 1 aliphatic rings. The number of nitrogens with zero attached hydrogens (tertiary/aromatic N) is 4. The molecular formula is C24H22FN5O2S2. The van der Waals surface area contributed by atoms with Crippen LogP contribution in [0.15, 0.2) is 48.7 Å². The Balaban J connectivity index is 1.24. The van der Waals surface area contributed by atoms with Crippen LogP contribution in [-0.4, -0.2) is 53.9 Å². The summed E-state index contributed by atoms with van der Waals surface area (Å²) in [5.74, 6) is -0.550. The second kappa shape index (κ2) is 9.11. The van der Waals surface area contributed by atoms with Gasteiger partial charge in [0.15, 0.2) is 5.13 Å². The number of anilines is 2. The molecule has 10 heteroatoms. The van der Waals surface area contributed by atoms with Crippen LogP contribution in [0.3, 0.4) is 0 Å². The molecule has 1 aliphatic heterocycles. The third-order valence-corrected chi connectivity index (χ3v) is 7.97. The molecule has 0 unspecified atom stereocenters.